The van der Waals surface area contributed by atoms with Crippen molar-refractivity contribution in [2.45, 2.75) is 19.1 Å². The first kappa shape index (κ1) is 12.8. The average Bonchev–Trinajstić information content (AvgIpc) is 2.21. The molecule has 1 aromatic carbocycles. The van der Waals surface area contributed by atoms with E-state index < -0.39 is 5.82 Å². The number of anilines is 2. The van der Waals surface area contributed by atoms with Crippen LogP contribution >= 0.6 is 11.8 Å². The number of halogens is 1. The molecule has 0 bridgehead atoms. The van der Waals surface area contributed by atoms with E-state index >= 15 is 0 Å². The Bertz CT molecular complexity index is 382. The van der Waals surface area contributed by atoms with Crippen LogP contribution < -0.4 is 11.1 Å². The number of carbonyl (C=O) groups is 1. The van der Waals surface area contributed by atoms with E-state index in [0.29, 0.717) is 16.7 Å². The fourth-order valence-corrected chi connectivity index (χ4v) is 1.62. The van der Waals surface area contributed by atoms with Crippen LogP contribution in [-0.4, -0.2) is 16.9 Å². The topological polar surface area (TPSA) is 55.1 Å². The molecule has 0 aliphatic heterocycles. The van der Waals surface area contributed by atoms with Crippen LogP contribution in [0.2, 0.25) is 0 Å². The molecule has 0 aromatic heterocycles. The van der Waals surface area contributed by atoms with Crippen LogP contribution in [0.15, 0.2) is 18.2 Å². The highest BCUT2D eigenvalue weighted by Crippen LogP contribution is 2.17. The predicted molar refractivity (Wildman–Crippen MR) is 67.0 cm³/mol. The highest BCUT2D eigenvalue weighted by atomic mass is 32.2. The second kappa shape index (κ2) is 5.75. The molecule has 0 spiro atoms. The summed E-state index contributed by atoms with van der Waals surface area (Å²) >= 11 is 1.55. The predicted octanol–water partition coefficient (Wildman–Crippen LogP) is 2.49. The minimum Gasteiger partial charge on any atom is -0.396 e. The molecule has 5 heteroatoms. The van der Waals surface area contributed by atoms with Crippen molar-refractivity contribution in [3.05, 3.63) is 24.0 Å². The van der Waals surface area contributed by atoms with Gasteiger partial charge >= 0.3 is 0 Å². The number of rotatable bonds is 4. The van der Waals surface area contributed by atoms with E-state index in [9.17, 15) is 9.18 Å². The molecule has 3 nitrogen and oxygen atoms in total. The minimum absolute atomic E-state index is 0.0364. The maximum Gasteiger partial charge on any atom is 0.234 e. The number of hydrogen-bond donors (Lipinski definition) is 2. The van der Waals surface area contributed by atoms with Gasteiger partial charge in [-0.3, -0.25) is 4.79 Å². The van der Waals surface area contributed by atoms with Crippen LogP contribution in [0.1, 0.15) is 13.8 Å². The summed E-state index contributed by atoms with van der Waals surface area (Å²) in [6.07, 6.45) is 0. The minimum atomic E-state index is -0.477. The van der Waals surface area contributed by atoms with Crippen molar-refractivity contribution in [3.63, 3.8) is 0 Å². The van der Waals surface area contributed by atoms with Gasteiger partial charge in [-0.15, -0.1) is 11.8 Å². The lowest BCUT2D eigenvalue weighted by Gasteiger charge is -2.07. The van der Waals surface area contributed by atoms with Gasteiger partial charge in [0, 0.05) is 5.69 Å². The summed E-state index contributed by atoms with van der Waals surface area (Å²) in [6, 6.07) is 4.14. The van der Waals surface area contributed by atoms with Gasteiger partial charge in [0.1, 0.15) is 5.82 Å². The molecular formula is C11H15FN2OS. The first-order chi connectivity index (χ1) is 7.49. The molecular weight excluding hydrogens is 227 g/mol. The zero-order valence-electron chi connectivity index (χ0n) is 9.29. The van der Waals surface area contributed by atoms with Crippen LogP contribution in [-0.2, 0) is 4.79 Å². The molecule has 0 aliphatic carbocycles. The van der Waals surface area contributed by atoms with Gasteiger partial charge < -0.3 is 11.1 Å². The normalized spacial score (nSPS) is 10.5. The van der Waals surface area contributed by atoms with Gasteiger partial charge in [-0.25, -0.2) is 4.39 Å². The van der Waals surface area contributed by atoms with Crippen LogP contribution in [0.5, 0.6) is 0 Å². The van der Waals surface area contributed by atoms with Crippen molar-refractivity contribution in [3.8, 4) is 0 Å². The zero-order chi connectivity index (χ0) is 12.1. The lowest BCUT2D eigenvalue weighted by Crippen LogP contribution is -2.15. The molecule has 1 amide bonds. The highest BCUT2D eigenvalue weighted by molar-refractivity contribution is 8.00. The smallest absolute Gasteiger partial charge is 0.234 e. The van der Waals surface area contributed by atoms with Gasteiger partial charge in [0.2, 0.25) is 5.91 Å². The summed E-state index contributed by atoms with van der Waals surface area (Å²) in [4.78, 5) is 11.4. The Balaban J connectivity index is 2.53. The summed E-state index contributed by atoms with van der Waals surface area (Å²) in [5.74, 6) is -0.200. The maximum absolute atomic E-state index is 12.8. The standard InChI is InChI=1S/C11H15FN2OS/c1-7(2)16-6-11(15)14-8-3-4-9(12)10(13)5-8/h3-5,7H,6,13H2,1-2H3,(H,14,15). The van der Waals surface area contributed by atoms with E-state index in [4.69, 9.17) is 5.73 Å². The Labute approximate surface area is 98.6 Å². The van der Waals surface area contributed by atoms with Crippen molar-refractivity contribution in [2.75, 3.05) is 16.8 Å². The van der Waals surface area contributed by atoms with Crippen molar-refractivity contribution >= 4 is 29.0 Å². The Hall–Kier alpha value is -1.23. The van der Waals surface area contributed by atoms with Crippen molar-refractivity contribution in [2.24, 2.45) is 0 Å². The van der Waals surface area contributed by atoms with Gasteiger partial charge in [-0.2, -0.15) is 0 Å². The number of amides is 1. The molecule has 0 aliphatic rings. The van der Waals surface area contributed by atoms with Gasteiger partial charge in [0.05, 0.1) is 11.4 Å². The number of benzene rings is 1. The Morgan fingerprint density at radius 2 is 2.25 bits per heavy atom. The summed E-state index contributed by atoms with van der Waals surface area (Å²) in [5.41, 5.74) is 5.94. The maximum atomic E-state index is 12.8. The highest BCUT2D eigenvalue weighted by Gasteiger charge is 2.05. The average molecular weight is 242 g/mol. The van der Waals surface area contributed by atoms with E-state index in [0.717, 1.165) is 0 Å². The van der Waals surface area contributed by atoms with Gasteiger partial charge in [0.15, 0.2) is 0 Å². The molecule has 0 heterocycles. The third kappa shape index (κ3) is 4.10. The molecule has 1 aromatic rings. The largest absolute Gasteiger partial charge is 0.396 e. The first-order valence-corrected chi connectivity index (χ1v) is 6.00. The fraction of sp³-hybridized carbons (Fsp3) is 0.364. The van der Waals surface area contributed by atoms with Gasteiger partial charge in [0.25, 0.3) is 0 Å². The van der Waals surface area contributed by atoms with E-state index in [2.05, 4.69) is 5.32 Å². The molecule has 0 saturated carbocycles. The van der Waals surface area contributed by atoms with Gasteiger partial charge in [-0.05, 0) is 23.4 Å². The van der Waals surface area contributed by atoms with Gasteiger partial charge in [-0.1, -0.05) is 13.8 Å². The number of thioether (sulfide) groups is 1. The lowest BCUT2D eigenvalue weighted by molar-refractivity contribution is -0.113. The summed E-state index contributed by atoms with van der Waals surface area (Å²) in [7, 11) is 0. The van der Waals surface area contributed by atoms with Crippen LogP contribution in [0.3, 0.4) is 0 Å². The van der Waals surface area contributed by atoms with Crippen molar-refractivity contribution in [1.29, 1.82) is 0 Å². The third-order valence-corrected chi connectivity index (χ3v) is 2.92. The second-order valence-electron chi connectivity index (χ2n) is 3.64. The molecule has 0 fully saturated rings. The molecule has 0 atom stereocenters. The molecule has 0 radical (unpaired) electrons. The van der Waals surface area contributed by atoms with E-state index in [1.165, 1.54) is 18.2 Å². The van der Waals surface area contributed by atoms with E-state index in [1.54, 1.807) is 11.8 Å². The molecule has 16 heavy (non-hydrogen) atoms. The first-order valence-electron chi connectivity index (χ1n) is 4.95. The summed E-state index contributed by atoms with van der Waals surface area (Å²) in [6.45, 7) is 4.04. The quantitative estimate of drug-likeness (QED) is 0.797. The Kier molecular flexibility index (Phi) is 4.61. The number of nitrogens with two attached hydrogens (primary N) is 1. The third-order valence-electron chi connectivity index (χ3n) is 1.83. The summed E-state index contributed by atoms with van der Waals surface area (Å²) < 4.78 is 12.8. The monoisotopic (exact) mass is 242 g/mol. The fourth-order valence-electron chi connectivity index (χ4n) is 1.06. The van der Waals surface area contributed by atoms with Crippen LogP contribution in [0, 0.1) is 5.82 Å². The van der Waals surface area contributed by atoms with E-state index in [-0.39, 0.29) is 11.6 Å². The molecule has 1 rings (SSSR count). The number of carbonyl (C=O) groups excluding carboxylic acids is 1. The number of nitrogen functional groups attached to an aromatic ring is 1. The molecule has 3 N–H and O–H groups in total. The second-order valence-corrected chi connectivity index (χ2v) is 5.21. The SMILES string of the molecule is CC(C)SCC(=O)Nc1ccc(F)c(N)c1. The Morgan fingerprint density at radius 1 is 1.56 bits per heavy atom. The van der Waals surface area contributed by atoms with Crippen molar-refractivity contribution in [1.82, 2.24) is 0 Å². The molecule has 0 saturated heterocycles. The molecule has 0 unspecified atom stereocenters. The molecule has 88 valence electrons. The number of nitrogens with one attached hydrogen (secondary N) is 1. The number of hydrogen-bond acceptors (Lipinski definition) is 3. The summed E-state index contributed by atoms with van der Waals surface area (Å²) in [5, 5.41) is 3.07. The Morgan fingerprint density at radius 3 is 2.81 bits per heavy atom. The van der Waals surface area contributed by atoms with Crippen molar-refractivity contribution < 1.29 is 9.18 Å². The van der Waals surface area contributed by atoms with E-state index in [1.807, 2.05) is 13.8 Å². The van der Waals surface area contributed by atoms with Crippen LogP contribution in [0.25, 0.3) is 0 Å². The zero-order valence-corrected chi connectivity index (χ0v) is 10.1. The van der Waals surface area contributed by atoms with Crippen LogP contribution in [0.4, 0.5) is 15.8 Å². The lowest BCUT2D eigenvalue weighted by atomic mass is 10.2.